The minimum Gasteiger partial charge on any atom is -0.254 e. The molecule has 0 bridgehead atoms. The summed E-state index contributed by atoms with van der Waals surface area (Å²) in [5, 5.41) is 5.34. The zero-order valence-corrected chi connectivity index (χ0v) is 26.7. The van der Waals surface area contributed by atoms with Crippen LogP contribution in [0.25, 0.3) is 99.5 Å². The van der Waals surface area contributed by atoms with Crippen molar-refractivity contribution in [2.75, 3.05) is 0 Å². The smallest absolute Gasteiger partial charge is 0.178 e. The number of fused-ring (bicyclic) bond motifs is 6. The van der Waals surface area contributed by atoms with Gasteiger partial charge in [-0.05, 0) is 70.8 Å². The molecule has 5 aromatic carbocycles. The number of benzene rings is 5. The number of para-hydroxylation sites is 1. The molecule has 0 saturated carbocycles. The van der Waals surface area contributed by atoms with E-state index < -0.39 is 0 Å². The molecule has 0 amide bonds. The summed E-state index contributed by atoms with van der Waals surface area (Å²) in [4.78, 5) is 28.6. The van der Waals surface area contributed by atoms with E-state index >= 15 is 0 Å². The molecule has 0 unspecified atom stereocenters. The fraction of sp³-hybridized carbons (Fsp3) is 0. The van der Waals surface area contributed by atoms with E-state index in [1.165, 1.54) is 0 Å². The average molecular weight is 639 g/mol. The van der Waals surface area contributed by atoms with Gasteiger partial charge in [0.05, 0.1) is 33.3 Å². The van der Waals surface area contributed by atoms with Crippen molar-refractivity contribution in [3.63, 3.8) is 0 Å². The van der Waals surface area contributed by atoms with Crippen molar-refractivity contribution < 1.29 is 0 Å². The van der Waals surface area contributed by atoms with Crippen LogP contribution in [0.5, 0.6) is 0 Å². The van der Waals surface area contributed by atoms with Crippen molar-refractivity contribution in [3.8, 4) is 45.0 Å². The van der Waals surface area contributed by atoms with Gasteiger partial charge in [0.25, 0.3) is 0 Å². The number of hydrogen-bond donors (Lipinski definition) is 0. The molecule has 0 saturated heterocycles. The first-order valence-electron chi connectivity index (χ1n) is 16.5. The fourth-order valence-corrected chi connectivity index (χ4v) is 6.81. The second-order valence-corrected chi connectivity index (χ2v) is 12.4. The van der Waals surface area contributed by atoms with Crippen molar-refractivity contribution in [3.05, 3.63) is 158 Å². The Balaban J connectivity index is 0.946. The summed E-state index contributed by atoms with van der Waals surface area (Å²) in [6.45, 7) is 0. The van der Waals surface area contributed by atoms with E-state index in [-0.39, 0.29) is 0 Å². The molecule has 0 aliphatic rings. The standard InChI is InChI=1S/C44H26N6/c1-2-6-37-34(4-1)26-47-44(50-37)40-20-14-29-11-12-32(25-41(29)49-40)31-15-18-39-33(24-31)16-19-38(48-39)28-9-7-27(8-10-28)35-21-23-46-43-36(35)17-13-30-5-3-22-45-42(30)43/h1-26H. The summed E-state index contributed by atoms with van der Waals surface area (Å²) >= 11 is 0. The summed E-state index contributed by atoms with van der Waals surface area (Å²) in [5.74, 6) is 0.621. The van der Waals surface area contributed by atoms with Crippen LogP contribution in [-0.2, 0) is 0 Å². The molecular formula is C44H26N6. The monoisotopic (exact) mass is 638 g/mol. The van der Waals surface area contributed by atoms with Crippen LogP contribution in [-0.4, -0.2) is 29.9 Å². The molecule has 10 rings (SSSR count). The molecular weight excluding hydrogens is 613 g/mol. The lowest BCUT2D eigenvalue weighted by Gasteiger charge is -2.10. The molecule has 5 aromatic heterocycles. The summed E-state index contributed by atoms with van der Waals surface area (Å²) in [5.41, 5.74) is 11.8. The van der Waals surface area contributed by atoms with Gasteiger partial charge in [-0.25, -0.2) is 19.9 Å². The molecule has 232 valence electrons. The first kappa shape index (κ1) is 28.1. The van der Waals surface area contributed by atoms with E-state index in [2.05, 4.69) is 118 Å². The molecule has 6 nitrogen and oxygen atoms in total. The molecule has 0 atom stereocenters. The number of rotatable bonds is 4. The number of hydrogen-bond acceptors (Lipinski definition) is 6. The quantitative estimate of drug-likeness (QED) is 0.179. The molecule has 0 radical (unpaired) electrons. The zero-order chi connectivity index (χ0) is 33.0. The van der Waals surface area contributed by atoms with Gasteiger partial charge in [0.15, 0.2) is 5.82 Å². The van der Waals surface area contributed by atoms with E-state index in [0.717, 1.165) is 93.7 Å². The van der Waals surface area contributed by atoms with Gasteiger partial charge >= 0.3 is 0 Å². The maximum Gasteiger partial charge on any atom is 0.178 e. The van der Waals surface area contributed by atoms with E-state index in [1.807, 2.05) is 55.0 Å². The first-order chi connectivity index (χ1) is 24.7. The lowest BCUT2D eigenvalue weighted by atomic mass is 9.98. The Bertz CT molecular complexity index is 2940. The van der Waals surface area contributed by atoms with Crippen LogP contribution in [0.2, 0.25) is 0 Å². The fourth-order valence-electron chi connectivity index (χ4n) is 6.81. The molecule has 5 heterocycles. The van der Waals surface area contributed by atoms with Crippen molar-refractivity contribution >= 4 is 54.5 Å². The van der Waals surface area contributed by atoms with Crippen LogP contribution in [0, 0.1) is 0 Å². The van der Waals surface area contributed by atoms with E-state index in [1.54, 1.807) is 0 Å². The van der Waals surface area contributed by atoms with Crippen LogP contribution in [0.1, 0.15) is 0 Å². The number of pyridine rings is 4. The Kier molecular flexibility index (Phi) is 6.39. The van der Waals surface area contributed by atoms with E-state index in [9.17, 15) is 0 Å². The van der Waals surface area contributed by atoms with Gasteiger partial charge in [-0.2, -0.15) is 0 Å². The second-order valence-electron chi connectivity index (χ2n) is 12.4. The van der Waals surface area contributed by atoms with E-state index in [4.69, 9.17) is 15.0 Å². The Hall–Kier alpha value is -6.92. The minimum atomic E-state index is 0.621. The molecule has 0 aliphatic heterocycles. The number of aromatic nitrogens is 6. The molecule has 6 heteroatoms. The normalized spacial score (nSPS) is 11.6. The highest BCUT2D eigenvalue weighted by Gasteiger charge is 2.11. The lowest BCUT2D eigenvalue weighted by Crippen LogP contribution is -1.93. The highest BCUT2D eigenvalue weighted by molar-refractivity contribution is 6.08. The van der Waals surface area contributed by atoms with Crippen molar-refractivity contribution in [2.24, 2.45) is 0 Å². The van der Waals surface area contributed by atoms with E-state index in [0.29, 0.717) is 5.82 Å². The summed E-state index contributed by atoms with van der Waals surface area (Å²) in [6, 6.07) is 48.1. The van der Waals surface area contributed by atoms with Gasteiger partial charge in [-0.3, -0.25) is 9.97 Å². The molecule has 50 heavy (non-hydrogen) atoms. The van der Waals surface area contributed by atoms with Crippen LogP contribution in [0.15, 0.2) is 158 Å². The molecule has 10 aromatic rings. The second kappa shape index (κ2) is 11.4. The maximum atomic E-state index is 5.04. The third-order valence-electron chi connectivity index (χ3n) is 9.41. The average Bonchev–Trinajstić information content (AvgIpc) is 3.19. The van der Waals surface area contributed by atoms with Gasteiger partial charge < -0.3 is 0 Å². The van der Waals surface area contributed by atoms with Crippen LogP contribution < -0.4 is 0 Å². The number of nitrogens with zero attached hydrogens (tertiary/aromatic N) is 6. The zero-order valence-electron chi connectivity index (χ0n) is 26.7. The Labute approximate surface area is 286 Å². The highest BCUT2D eigenvalue weighted by atomic mass is 14.9. The maximum absolute atomic E-state index is 5.04. The molecule has 0 fully saturated rings. The van der Waals surface area contributed by atoms with Crippen LogP contribution in [0.3, 0.4) is 0 Å². The largest absolute Gasteiger partial charge is 0.254 e. The summed E-state index contributed by atoms with van der Waals surface area (Å²) in [6.07, 6.45) is 5.54. The van der Waals surface area contributed by atoms with Crippen LogP contribution in [0.4, 0.5) is 0 Å². The van der Waals surface area contributed by atoms with Gasteiger partial charge in [0.2, 0.25) is 0 Å². The Morgan fingerprint density at radius 2 is 1.06 bits per heavy atom. The summed E-state index contributed by atoms with van der Waals surface area (Å²) < 4.78 is 0. The van der Waals surface area contributed by atoms with Gasteiger partial charge in [-0.1, -0.05) is 91.0 Å². The highest BCUT2D eigenvalue weighted by Crippen LogP contribution is 2.33. The topological polar surface area (TPSA) is 77.3 Å². The predicted molar refractivity (Wildman–Crippen MR) is 202 cm³/mol. The molecule has 0 aliphatic carbocycles. The third kappa shape index (κ3) is 4.81. The third-order valence-corrected chi connectivity index (χ3v) is 9.41. The predicted octanol–water partition coefficient (Wildman–Crippen LogP) is 10.5. The summed E-state index contributed by atoms with van der Waals surface area (Å²) in [7, 11) is 0. The minimum absolute atomic E-state index is 0.621. The van der Waals surface area contributed by atoms with Crippen LogP contribution >= 0.6 is 0 Å². The van der Waals surface area contributed by atoms with Gasteiger partial charge in [0, 0.05) is 51.1 Å². The van der Waals surface area contributed by atoms with Crippen molar-refractivity contribution in [1.29, 1.82) is 0 Å². The Morgan fingerprint density at radius 3 is 2.02 bits per heavy atom. The van der Waals surface area contributed by atoms with Crippen molar-refractivity contribution in [1.82, 2.24) is 29.9 Å². The lowest BCUT2D eigenvalue weighted by molar-refractivity contribution is 1.19. The molecule has 0 spiro atoms. The SMILES string of the molecule is c1ccc2nc(-c3ccc4ccc(-c5ccc6nc(-c7ccc(-c8ccnc9c8ccc8cccnc89)cc7)ccc6c5)cc4n3)ncc2c1. The molecule has 0 N–H and O–H groups in total. The Morgan fingerprint density at radius 1 is 0.360 bits per heavy atom. The van der Waals surface area contributed by atoms with Crippen molar-refractivity contribution in [2.45, 2.75) is 0 Å². The van der Waals surface area contributed by atoms with Gasteiger partial charge in [-0.15, -0.1) is 0 Å². The van der Waals surface area contributed by atoms with Gasteiger partial charge in [0.1, 0.15) is 5.69 Å². The first-order valence-corrected chi connectivity index (χ1v) is 16.5.